The predicted molar refractivity (Wildman–Crippen MR) is 64.2 cm³/mol. The third-order valence-corrected chi connectivity index (χ3v) is 4.10. The minimum absolute atomic E-state index is 0.214. The Kier molecular flexibility index (Phi) is 5.22. The van der Waals surface area contributed by atoms with Crippen LogP contribution in [0.4, 0.5) is 0 Å². The molecule has 16 heavy (non-hydrogen) atoms. The van der Waals surface area contributed by atoms with Crippen LogP contribution in [-0.4, -0.2) is 35.6 Å². The van der Waals surface area contributed by atoms with Crippen molar-refractivity contribution in [3.8, 4) is 0 Å². The summed E-state index contributed by atoms with van der Waals surface area (Å²) < 4.78 is 5.67. The second-order valence-corrected chi connectivity index (χ2v) is 5.70. The minimum Gasteiger partial charge on any atom is -0.394 e. The van der Waals surface area contributed by atoms with E-state index >= 15 is 0 Å². The minimum atomic E-state index is -0.729. The second kappa shape index (κ2) is 5.99. The molecule has 0 radical (unpaired) electrons. The first-order valence-corrected chi connectivity index (χ1v) is 6.38. The van der Waals surface area contributed by atoms with Gasteiger partial charge < -0.3 is 14.9 Å². The summed E-state index contributed by atoms with van der Waals surface area (Å²) in [4.78, 5) is 0. The molecule has 0 aromatic carbocycles. The molecule has 3 nitrogen and oxygen atoms in total. The molecular weight excluding hydrogens is 204 g/mol. The number of hydrogen-bond acceptors (Lipinski definition) is 3. The zero-order valence-electron chi connectivity index (χ0n) is 10.8. The highest BCUT2D eigenvalue weighted by molar-refractivity contribution is 4.85. The van der Waals surface area contributed by atoms with E-state index in [1.807, 2.05) is 0 Å². The Hall–Kier alpha value is -0.120. The van der Waals surface area contributed by atoms with Crippen LogP contribution in [-0.2, 0) is 4.74 Å². The first-order chi connectivity index (χ1) is 7.48. The van der Waals surface area contributed by atoms with Gasteiger partial charge in [0.15, 0.2) is 0 Å². The predicted octanol–water partition coefficient (Wildman–Crippen LogP) is 1.96. The molecule has 0 amide bonds. The topological polar surface area (TPSA) is 49.7 Å². The van der Waals surface area contributed by atoms with Crippen LogP contribution in [0.2, 0.25) is 0 Å². The summed E-state index contributed by atoms with van der Waals surface area (Å²) in [5.74, 6) is 0.668. The Morgan fingerprint density at radius 1 is 1.44 bits per heavy atom. The van der Waals surface area contributed by atoms with Gasteiger partial charge in [0, 0.05) is 0 Å². The molecule has 1 fully saturated rings. The van der Waals surface area contributed by atoms with Crippen LogP contribution in [0.5, 0.6) is 0 Å². The number of hydrogen-bond donors (Lipinski definition) is 2. The van der Waals surface area contributed by atoms with Crippen LogP contribution >= 0.6 is 0 Å². The van der Waals surface area contributed by atoms with E-state index in [9.17, 15) is 5.11 Å². The van der Waals surface area contributed by atoms with Gasteiger partial charge in [-0.25, -0.2) is 0 Å². The van der Waals surface area contributed by atoms with Crippen LogP contribution in [0.3, 0.4) is 0 Å². The first kappa shape index (κ1) is 13.9. The summed E-state index contributed by atoms with van der Waals surface area (Å²) in [5, 5.41) is 18.0. The van der Waals surface area contributed by atoms with Crippen LogP contribution < -0.4 is 0 Å². The molecule has 1 saturated carbocycles. The van der Waals surface area contributed by atoms with E-state index in [4.69, 9.17) is 9.84 Å². The third-order valence-electron chi connectivity index (χ3n) is 4.10. The van der Waals surface area contributed by atoms with Crippen molar-refractivity contribution in [3.05, 3.63) is 0 Å². The molecule has 96 valence electrons. The molecule has 2 N–H and O–H groups in total. The molecule has 0 aromatic rings. The van der Waals surface area contributed by atoms with Gasteiger partial charge in [0.1, 0.15) is 6.10 Å². The molecule has 3 heteroatoms. The van der Waals surface area contributed by atoms with Gasteiger partial charge in [0.25, 0.3) is 0 Å². The quantitative estimate of drug-likeness (QED) is 0.759. The lowest BCUT2D eigenvalue weighted by molar-refractivity contribution is -0.0659. The van der Waals surface area contributed by atoms with Crippen molar-refractivity contribution in [2.24, 2.45) is 11.3 Å². The van der Waals surface area contributed by atoms with Gasteiger partial charge in [0.2, 0.25) is 0 Å². The third kappa shape index (κ3) is 3.72. The number of aliphatic hydroxyl groups excluding tert-OH is 2. The molecule has 0 spiro atoms. The van der Waals surface area contributed by atoms with Crippen LogP contribution in [0.15, 0.2) is 0 Å². The van der Waals surface area contributed by atoms with Crippen molar-refractivity contribution in [2.75, 3.05) is 13.2 Å². The van der Waals surface area contributed by atoms with Crippen LogP contribution in [0.25, 0.3) is 0 Å². The number of aliphatic hydroxyl groups is 2. The molecule has 3 atom stereocenters. The van der Waals surface area contributed by atoms with Crippen molar-refractivity contribution in [2.45, 2.75) is 58.7 Å². The molecule has 1 aliphatic carbocycles. The zero-order chi connectivity index (χ0) is 12.2. The molecule has 1 aliphatic rings. The van der Waals surface area contributed by atoms with E-state index in [1.54, 1.807) is 0 Å². The summed E-state index contributed by atoms with van der Waals surface area (Å²) in [6, 6.07) is 0. The van der Waals surface area contributed by atoms with Crippen molar-refractivity contribution in [3.63, 3.8) is 0 Å². The van der Waals surface area contributed by atoms with Gasteiger partial charge in [-0.05, 0) is 30.6 Å². The standard InChI is InChI=1S/C13H26O3/c1-10(2)13(3)6-4-5-12(7-13)16-9-11(15)8-14/h10-12,14-15H,4-9H2,1-3H3/t11-,12?,13?/m1/s1. The van der Waals surface area contributed by atoms with E-state index in [2.05, 4.69) is 20.8 Å². The highest BCUT2D eigenvalue weighted by Gasteiger charge is 2.35. The molecule has 0 aliphatic heterocycles. The Balaban J connectivity index is 2.39. The Labute approximate surface area is 98.8 Å². The molecule has 0 saturated heterocycles. The maximum atomic E-state index is 9.25. The number of rotatable bonds is 5. The SMILES string of the molecule is CC(C)C1(C)CCCC(OC[C@H](O)CO)C1. The summed E-state index contributed by atoms with van der Waals surface area (Å²) in [6.45, 7) is 6.91. The van der Waals surface area contributed by atoms with E-state index in [0.717, 1.165) is 12.8 Å². The van der Waals surface area contributed by atoms with E-state index in [0.29, 0.717) is 11.3 Å². The van der Waals surface area contributed by atoms with Gasteiger partial charge in [-0.3, -0.25) is 0 Å². The molecule has 1 rings (SSSR count). The summed E-state index contributed by atoms with van der Waals surface area (Å²) in [6.07, 6.45) is 4.15. The Bertz CT molecular complexity index is 205. The van der Waals surface area contributed by atoms with Gasteiger partial charge in [-0.1, -0.05) is 27.2 Å². The summed E-state index contributed by atoms with van der Waals surface area (Å²) in [5.41, 5.74) is 0.368. The maximum absolute atomic E-state index is 9.25. The fraction of sp³-hybridized carbons (Fsp3) is 1.00. The summed E-state index contributed by atoms with van der Waals surface area (Å²) in [7, 11) is 0. The monoisotopic (exact) mass is 230 g/mol. The van der Waals surface area contributed by atoms with Crippen LogP contribution in [0.1, 0.15) is 46.5 Å². The normalized spacial score (nSPS) is 33.0. The summed E-state index contributed by atoms with van der Waals surface area (Å²) >= 11 is 0. The lowest BCUT2D eigenvalue weighted by atomic mass is 9.67. The van der Waals surface area contributed by atoms with Crippen molar-refractivity contribution in [1.82, 2.24) is 0 Å². The van der Waals surface area contributed by atoms with Crippen molar-refractivity contribution in [1.29, 1.82) is 0 Å². The second-order valence-electron chi connectivity index (χ2n) is 5.70. The highest BCUT2D eigenvalue weighted by Crippen LogP contribution is 2.42. The molecule has 2 unspecified atom stereocenters. The van der Waals surface area contributed by atoms with Gasteiger partial charge in [0.05, 0.1) is 19.3 Å². The maximum Gasteiger partial charge on any atom is 0.100 e. The molecule has 0 bridgehead atoms. The lowest BCUT2D eigenvalue weighted by Crippen LogP contribution is -2.36. The Morgan fingerprint density at radius 2 is 2.12 bits per heavy atom. The van der Waals surface area contributed by atoms with Crippen molar-refractivity contribution >= 4 is 0 Å². The van der Waals surface area contributed by atoms with Gasteiger partial charge in [-0.2, -0.15) is 0 Å². The smallest absolute Gasteiger partial charge is 0.100 e. The largest absolute Gasteiger partial charge is 0.394 e. The molecular formula is C13H26O3. The van der Waals surface area contributed by atoms with Gasteiger partial charge >= 0.3 is 0 Å². The average molecular weight is 230 g/mol. The van der Waals surface area contributed by atoms with Crippen molar-refractivity contribution < 1.29 is 14.9 Å². The average Bonchev–Trinajstić information content (AvgIpc) is 2.26. The lowest BCUT2D eigenvalue weighted by Gasteiger charge is -2.41. The highest BCUT2D eigenvalue weighted by atomic mass is 16.5. The zero-order valence-corrected chi connectivity index (χ0v) is 10.8. The van der Waals surface area contributed by atoms with E-state index in [-0.39, 0.29) is 19.3 Å². The Morgan fingerprint density at radius 3 is 2.69 bits per heavy atom. The fourth-order valence-electron chi connectivity index (χ4n) is 2.42. The number of ether oxygens (including phenoxy) is 1. The van der Waals surface area contributed by atoms with Crippen LogP contribution in [0, 0.1) is 11.3 Å². The van der Waals surface area contributed by atoms with E-state index < -0.39 is 6.10 Å². The first-order valence-electron chi connectivity index (χ1n) is 6.38. The van der Waals surface area contributed by atoms with Gasteiger partial charge in [-0.15, -0.1) is 0 Å². The molecule has 0 heterocycles. The van der Waals surface area contributed by atoms with E-state index in [1.165, 1.54) is 12.8 Å². The fourth-order valence-corrected chi connectivity index (χ4v) is 2.42. The molecule has 0 aromatic heterocycles.